The molecule has 5 heteroatoms. The highest BCUT2D eigenvalue weighted by Gasteiger charge is 2.22. The van der Waals surface area contributed by atoms with Gasteiger partial charge in [0, 0.05) is 42.5 Å². The normalized spacial score (nSPS) is 11.8. The topological polar surface area (TPSA) is 42.4 Å². The number of oxazole rings is 1. The number of thiophene rings is 1. The first-order valence-electron chi connectivity index (χ1n) is 16.0. The fraction of sp³-hybridized carbons (Fsp3) is 0. The van der Waals surface area contributed by atoms with Crippen molar-refractivity contribution in [3.8, 4) is 22.6 Å². The van der Waals surface area contributed by atoms with Crippen molar-refractivity contribution < 1.29 is 8.83 Å². The highest BCUT2D eigenvalue weighted by atomic mass is 32.1. The Kier molecular flexibility index (Phi) is 6.01. The molecule has 0 unspecified atom stereocenters. The van der Waals surface area contributed by atoms with Crippen molar-refractivity contribution >= 4 is 81.6 Å². The van der Waals surface area contributed by atoms with Gasteiger partial charge in [-0.2, -0.15) is 0 Å². The van der Waals surface area contributed by atoms with Gasteiger partial charge in [-0.1, -0.05) is 84.9 Å². The number of benzene rings is 7. The van der Waals surface area contributed by atoms with E-state index in [2.05, 4.69) is 120 Å². The first-order valence-corrected chi connectivity index (χ1v) is 16.8. The van der Waals surface area contributed by atoms with Gasteiger partial charge in [-0.15, -0.1) is 11.3 Å². The number of hydrogen-bond acceptors (Lipinski definition) is 5. The largest absolute Gasteiger partial charge is 0.456 e. The summed E-state index contributed by atoms with van der Waals surface area (Å²) in [6, 6.07) is 55.1. The van der Waals surface area contributed by atoms with Gasteiger partial charge >= 0.3 is 0 Å². The molecular weight excluding hydrogens is 609 g/mol. The third-order valence-corrected chi connectivity index (χ3v) is 10.2. The maximum atomic E-state index is 6.47. The van der Waals surface area contributed by atoms with Crippen molar-refractivity contribution in [1.82, 2.24) is 4.98 Å². The molecule has 4 nitrogen and oxygen atoms in total. The highest BCUT2D eigenvalue weighted by Crippen LogP contribution is 2.46. The molecule has 0 saturated carbocycles. The van der Waals surface area contributed by atoms with Crippen LogP contribution in [0.1, 0.15) is 0 Å². The SMILES string of the molecule is c1ccc(-c2ccc(N(c3ccc4oc5ccc6nc(-c7ccccc7)oc6c5c4c3)c3cccc4sc5ccccc5c34)cc2)cc1. The Balaban J connectivity index is 1.21. The molecule has 0 radical (unpaired) electrons. The van der Waals surface area contributed by atoms with E-state index < -0.39 is 0 Å². The molecule has 0 aliphatic rings. The highest BCUT2D eigenvalue weighted by molar-refractivity contribution is 7.26. The summed E-state index contributed by atoms with van der Waals surface area (Å²) in [5.41, 5.74) is 9.64. The minimum atomic E-state index is 0.597. The van der Waals surface area contributed by atoms with Gasteiger partial charge in [0.1, 0.15) is 16.7 Å². The molecule has 0 amide bonds. The first-order chi connectivity index (χ1) is 23.8. The van der Waals surface area contributed by atoms with Crippen molar-refractivity contribution in [3.63, 3.8) is 0 Å². The van der Waals surface area contributed by atoms with E-state index in [1.165, 1.54) is 31.3 Å². The van der Waals surface area contributed by atoms with Crippen molar-refractivity contribution in [2.24, 2.45) is 0 Å². The number of anilines is 3. The van der Waals surface area contributed by atoms with E-state index >= 15 is 0 Å². The predicted octanol–water partition coefficient (Wildman–Crippen LogP) is 12.9. The molecule has 0 fully saturated rings. The quantitative estimate of drug-likeness (QED) is 0.189. The molecule has 0 saturated heterocycles. The van der Waals surface area contributed by atoms with Crippen LogP contribution < -0.4 is 4.90 Å². The van der Waals surface area contributed by atoms with Gasteiger partial charge in [0.2, 0.25) is 5.89 Å². The van der Waals surface area contributed by atoms with E-state index in [9.17, 15) is 0 Å². The predicted molar refractivity (Wildman–Crippen MR) is 200 cm³/mol. The van der Waals surface area contributed by atoms with E-state index in [1.54, 1.807) is 0 Å². The van der Waals surface area contributed by atoms with Gasteiger partial charge in [0.25, 0.3) is 0 Å². The van der Waals surface area contributed by atoms with Crippen LogP contribution in [-0.4, -0.2) is 4.98 Å². The standard InChI is InChI=1S/C43H26N2O2S/c1-3-10-27(11-4-1)28-18-20-30(21-19-28)45(35-15-9-17-39-40(35)32-14-7-8-16-38(32)48-39)31-22-24-36-33(26-31)41-37(46-36)25-23-34-42(41)47-43(44-34)29-12-5-2-6-13-29/h1-26H. The third-order valence-electron chi connectivity index (χ3n) is 9.10. The van der Waals surface area contributed by atoms with E-state index in [0.717, 1.165) is 55.7 Å². The molecule has 0 N–H and O–H groups in total. The van der Waals surface area contributed by atoms with Crippen molar-refractivity contribution in [1.29, 1.82) is 0 Å². The fourth-order valence-electron chi connectivity index (χ4n) is 6.88. The van der Waals surface area contributed by atoms with Crippen molar-refractivity contribution in [2.45, 2.75) is 0 Å². The molecule has 3 aromatic heterocycles. The summed E-state index contributed by atoms with van der Waals surface area (Å²) in [7, 11) is 0. The van der Waals surface area contributed by atoms with Crippen LogP contribution in [0.4, 0.5) is 17.1 Å². The average molecular weight is 635 g/mol. The number of rotatable bonds is 5. The first kappa shape index (κ1) is 27.0. The number of hydrogen-bond donors (Lipinski definition) is 0. The van der Waals surface area contributed by atoms with Crippen LogP contribution in [0, 0.1) is 0 Å². The molecule has 48 heavy (non-hydrogen) atoms. The molecule has 226 valence electrons. The summed E-state index contributed by atoms with van der Waals surface area (Å²) in [5, 5.41) is 4.41. The van der Waals surface area contributed by atoms with E-state index in [1.807, 2.05) is 53.8 Å². The zero-order valence-electron chi connectivity index (χ0n) is 25.6. The van der Waals surface area contributed by atoms with E-state index in [0.29, 0.717) is 5.89 Å². The molecular formula is C43H26N2O2S. The molecule has 0 aliphatic heterocycles. The van der Waals surface area contributed by atoms with Crippen molar-refractivity contribution in [3.05, 3.63) is 158 Å². The zero-order chi connectivity index (χ0) is 31.6. The van der Waals surface area contributed by atoms with Crippen LogP contribution in [0.15, 0.2) is 167 Å². The minimum Gasteiger partial charge on any atom is -0.456 e. The molecule has 10 rings (SSSR count). The number of nitrogens with zero attached hydrogens (tertiary/aromatic N) is 2. The van der Waals surface area contributed by atoms with E-state index in [4.69, 9.17) is 13.8 Å². The number of fused-ring (bicyclic) bond motifs is 8. The van der Waals surface area contributed by atoms with Crippen LogP contribution in [0.2, 0.25) is 0 Å². The molecule has 3 heterocycles. The van der Waals surface area contributed by atoms with Crippen LogP contribution >= 0.6 is 11.3 Å². The summed E-state index contributed by atoms with van der Waals surface area (Å²) in [4.78, 5) is 7.21. The molecule has 0 atom stereocenters. The Hall–Kier alpha value is -6.17. The Bertz CT molecular complexity index is 2780. The summed E-state index contributed by atoms with van der Waals surface area (Å²) < 4.78 is 15.4. The molecule has 0 bridgehead atoms. The van der Waals surface area contributed by atoms with Crippen LogP contribution in [0.25, 0.3) is 75.8 Å². The Morgan fingerprint density at radius 1 is 0.479 bits per heavy atom. The lowest BCUT2D eigenvalue weighted by molar-refractivity contribution is 0.622. The lowest BCUT2D eigenvalue weighted by Gasteiger charge is -2.27. The average Bonchev–Trinajstić information content (AvgIpc) is 3.86. The lowest BCUT2D eigenvalue weighted by Crippen LogP contribution is -2.10. The molecule has 0 spiro atoms. The third kappa shape index (κ3) is 4.25. The van der Waals surface area contributed by atoms with Gasteiger partial charge in [0.15, 0.2) is 5.58 Å². The maximum absolute atomic E-state index is 6.47. The monoisotopic (exact) mass is 634 g/mol. The van der Waals surface area contributed by atoms with Crippen LogP contribution in [-0.2, 0) is 0 Å². The van der Waals surface area contributed by atoms with Gasteiger partial charge in [-0.3, -0.25) is 0 Å². The van der Waals surface area contributed by atoms with Gasteiger partial charge in [-0.05, 0) is 83.9 Å². The number of furan rings is 1. The second kappa shape index (κ2) is 10.7. The van der Waals surface area contributed by atoms with Gasteiger partial charge in [-0.25, -0.2) is 4.98 Å². The molecule has 7 aromatic carbocycles. The lowest BCUT2D eigenvalue weighted by atomic mass is 10.0. The molecule has 0 aliphatic carbocycles. The van der Waals surface area contributed by atoms with Gasteiger partial charge in [0.05, 0.1) is 11.1 Å². The number of aromatic nitrogens is 1. The summed E-state index contributed by atoms with van der Waals surface area (Å²) in [5.74, 6) is 0.597. The van der Waals surface area contributed by atoms with Gasteiger partial charge < -0.3 is 13.7 Å². The smallest absolute Gasteiger partial charge is 0.227 e. The molecule has 10 aromatic rings. The maximum Gasteiger partial charge on any atom is 0.227 e. The van der Waals surface area contributed by atoms with Crippen LogP contribution in [0.5, 0.6) is 0 Å². The fourth-order valence-corrected chi connectivity index (χ4v) is 8.01. The summed E-state index contributed by atoms with van der Waals surface area (Å²) >= 11 is 1.83. The van der Waals surface area contributed by atoms with Crippen LogP contribution in [0.3, 0.4) is 0 Å². The van der Waals surface area contributed by atoms with E-state index in [-0.39, 0.29) is 0 Å². The summed E-state index contributed by atoms with van der Waals surface area (Å²) in [6.07, 6.45) is 0. The summed E-state index contributed by atoms with van der Waals surface area (Å²) in [6.45, 7) is 0. The second-order valence-electron chi connectivity index (χ2n) is 12.0. The Labute approximate surface area is 279 Å². The Morgan fingerprint density at radius 2 is 1.17 bits per heavy atom. The van der Waals surface area contributed by atoms with Crippen molar-refractivity contribution in [2.75, 3.05) is 4.90 Å². The zero-order valence-corrected chi connectivity index (χ0v) is 26.4. The minimum absolute atomic E-state index is 0.597. The second-order valence-corrected chi connectivity index (χ2v) is 13.0. The Morgan fingerprint density at radius 3 is 2.00 bits per heavy atom.